The van der Waals surface area contributed by atoms with E-state index >= 15 is 0 Å². The molecule has 1 aliphatic heterocycles. The maximum atomic E-state index is 11.4. The highest BCUT2D eigenvalue weighted by Crippen LogP contribution is 2.10. The smallest absolute Gasteiger partial charge is 0.410 e. The summed E-state index contributed by atoms with van der Waals surface area (Å²) < 4.78 is 5.10. The second-order valence-electron chi connectivity index (χ2n) is 3.69. The third kappa shape index (κ3) is 3.09. The zero-order valence-corrected chi connectivity index (χ0v) is 8.54. The van der Waals surface area contributed by atoms with Crippen LogP contribution < -0.4 is 0 Å². The zero-order chi connectivity index (χ0) is 9.84. The van der Waals surface area contributed by atoms with Gasteiger partial charge in [-0.1, -0.05) is 11.6 Å². The second-order valence-corrected chi connectivity index (χ2v) is 3.69. The van der Waals surface area contributed by atoms with Crippen LogP contribution in [-0.2, 0) is 4.74 Å². The van der Waals surface area contributed by atoms with E-state index in [0.717, 1.165) is 13.0 Å². The van der Waals surface area contributed by atoms with Crippen LogP contribution in [-0.4, -0.2) is 30.2 Å². The van der Waals surface area contributed by atoms with Crippen LogP contribution >= 0.6 is 0 Å². The molecule has 0 bridgehead atoms. The van der Waals surface area contributed by atoms with Crippen LogP contribution in [0.4, 0.5) is 4.79 Å². The van der Waals surface area contributed by atoms with E-state index in [1.165, 1.54) is 5.57 Å². The molecule has 1 aliphatic rings. The monoisotopic (exact) mass is 183 g/mol. The molecule has 0 aromatic heterocycles. The van der Waals surface area contributed by atoms with Gasteiger partial charge in [0.05, 0.1) is 6.10 Å². The van der Waals surface area contributed by atoms with E-state index in [4.69, 9.17) is 4.74 Å². The molecule has 0 aromatic rings. The average Bonchev–Trinajstić information content (AvgIpc) is 2.03. The summed E-state index contributed by atoms with van der Waals surface area (Å²) in [7, 11) is 0. The van der Waals surface area contributed by atoms with Gasteiger partial charge in [0.1, 0.15) is 0 Å². The van der Waals surface area contributed by atoms with E-state index in [2.05, 4.69) is 6.08 Å². The normalized spacial score (nSPS) is 17.2. The van der Waals surface area contributed by atoms with Gasteiger partial charge in [0, 0.05) is 13.1 Å². The first-order valence-corrected chi connectivity index (χ1v) is 4.71. The lowest BCUT2D eigenvalue weighted by atomic mass is 10.1. The number of nitrogens with zero attached hydrogens (tertiary/aromatic N) is 1. The molecule has 3 heteroatoms. The van der Waals surface area contributed by atoms with Gasteiger partial charge in [-0.15, -0.1) is 0 Å². The zero-order valence-electron chi connectivity index (χ0n) is 8.54. The number of carbonyl (C=O) groups excluding carboxylic acids is 1. The minimum atomic E-state index is -0.192. The molecule has 1 rings (SSSR count). The van der Waals surface area contributed by atoms with Crippen LogP contribution in [0.2, 0.25) is 0 Å². The first kappa shape index (κ1) is 10.1. The van der Waals surface area contributed by atoms with Crippen LogP contribution in [0.15, 0.2) is 11.6 Å². The van der Waals surface area contributed by atoms with Gasteiger partial charge in [0.25, 0.3) is 0 Å². The van der Waals surface area contributed by atoms with Crippen molar-refractivity contribution < 1.29 is 9.53 Å². The molecule has 0 atom stereocenters. The van der Waals surface area contributed by atoms with Crippen molar-refractivity contribution in [1.29, 1.82) is 0 Å². The maximum Gasteiger partial charge on any atom is 0.410 e. The summed E-state index contributed by atoms with van der Waals surface area (Å²) in [5, 5.41) is 0. The van der Waals surface area contributed by atoms with Gasteiger partial charge in [0.15, 0.2) is 0 Å². The summed E-state index contributed by atoms with van der Waals surface area (Å²) >= 11 is 0. The first-order chi connectivity index (χ1) is 6.09. The summed E-state index contributed by atoms with van der Waals surface area (Å²) in [6.45, 7) is 7.26. The Bertz CT molecular complexity index is 221. The lowest BCUT2D eigenvalue weighted by molar-refractivity contribution is 0.0786. The minimum Gasteiger partial charge on any atom is -0.447 e. The fourth-order valence-corrected chi connectivity index (χ4v) is 1.34. The van der Waals surface area contributed by atoms with Gasteiger partial charge in [-0.05, 0) is 27.2 Å². The van der Waals surface area contributed by atoms with Crippen LogP contribution in [0.5, 0.6) is 0 Å². The van der Waals surface area contributed by atoms with Crippen molar-refractivity contribution in [3.8, 4) is 0 Å². The van der Waals surface area contributed by atoms with E-state index in [9.17, 15) is 4.79 Å². The number of ether oxygens (including phenoxy) is 1. The standard InChI is InChI=1S/C10H17NO2/c1-8(2)13-10(12)11-6-4-5-9(3)7-11/h5,8H,4,6-7H2,1-3H3. The molecule has 0 unspecified atom stereocenters. The minimum absolute atomic E-state index is 0.0290. The Morgan fingerprint density at radius 3 is 2.85 bits per heavy atom. The molecule has 3 nitrogen and oxygen atoms in total. The van der Waals surface area contributed by atoms with Crippen molar-refractivity contribution >= 4 is 6.09 Å². The average molecular weight is 183 g/mol. The molecule has 0 saturated carbocycles. The Kier molecular flexibility index (Phi) is 3.34. The largest absolute Gasteiger partial charge is 0.447 e. The van der Waals surface area contributed by atoms with Crippen LogP contribution in [0, 0.1) is 0 Å². The van der Waals surface area contributed by atoms with E-state index in [1.54, 1.807) is 4.90 Å². The Hall–Kier alpha value is -0.990. The fourth-order valence-electron chi connectivity index (χ4n) is 1.34. The lowest BCUT2D eigenvalue weighted by Gasteiger charge is -2.26. The number of hydrogen-bond acceptors (Lipinski definition) is 2. The van der Waals surface area contributed by atoms with Crippen molar-refractivity contribution in [2.75, 3.05) is 13.1 Å². The molecule has 0 radical (unpaired) electrons. The molecular weight excluding hydrogens is 166 g/mol. The van der Waals surface area contributed by atoms with Gasteiger partial charge in [-0.2, -0.15) is 0 Å². The quantitative estimate of drug-likeness (QED) is 0.583. The Morgan fingerprint density at radius 1 is 1.62 bits per heavy atom. The maximum absolute atomic E-state index is 11.4. The molecule has 0 N–H and O–H groups in total. The Labute approximate surface area is 79.4 Å². The number of hydrogen-bond donors (Lipinski definition) is 0. The molecule has 74 valence electrons. The van der Waals surface area contributed by atoms with E-state index in [0.29, 0.717) is 6.54 Å². The molecule has 0 aliphatic carbocycles. The fraction of sp³-hybridized carbons (Fsp3) is 0.700. The predicted octanol–water partition coefficient (Wildman–Crippen LogP) is 2.18. The highest BCUT2D eigenvalue weighted by atomic mass is 16.6. The van der Waals surface area contributed by atoms with Crippen LogP contribution in [0.3, 0.4) is 0 Å². The number of rotatable bonds is 1. The van der Waals surface area contributed by atoms with Gasteiger partial charge in [-0.25, -0.2) is 4.79 Å². The summed E-state index contributed by atoms with van der Waals surface area (Å²) in [5.41, 5.74) is 1.24. The van der Waals surface area contributed by atoms with Crippen molar-refractivity contribution in [2.45, 2.75) is 33.3 Å². The number of amides is 1. The van der Waals surface area contributed by atoms with Gasteiger partial charge < -0.3 is 9.64 Å². The highest BCUT2D eigenvalue weighted by molar-refractivity contribution is 5.68. The molecule has 0 saturated heterocycles. The predicted molar refractivity (Wildman–Crippen MR) is 51.6 cm³/mol. The topological polar surface area (TPSA) is 29.5 Å². The molecule has 0 fully saturated rings. The molecule has 1 amide bonds. The third-order valence-electron chi connectivity index (χ3n) is 1.93. The summed E-state index contributed by atoms with van der Waals surface area (Å²) in [4.78, 5) is 13.2. The van der Waals surface area contributed by atoms with Crippen molar-refractivity contribution in [3.63, 3.8) is 0 Å². The van der Waals surface area contributed by atoms with Crippen LogP contribution in [0.25, 0.3) is 0 Å². The van der Waals surface area contributed by atoms with Gasteiger partial charge in [0.2, 0.25) is 0 Å². The Morgan fingerprint density at radius 2 is 2.31 bits per heavy atom. The lowest BCUT2D eigenvalue weighted by Crippen LogP contribution is -2.36. The van der Waals surface area contributed by atoms with E-state index in [-0.39, 0.29) is 12.2 Å². The van der Waals surface area contributed by atoms with E-state index < -0.39 is 0 Å². The highest BCUT2D eigenvalue weighted by Gasteiger charge is 2.18. The third-order valence-corrected chi connectivity index (χ3v) is 1.93. The number of carbonyl (C=O) groups is 1. The summed E-state index contributed by atoms with van der Waals surface area (Å²) in [6.07, 6.45) is 2.89. The second kappa shape index (κ2) is 4.30. The van der Waals surface area contributed by atoms with Crippen molar-refractivity contribution in [1.82, 2.24) is 4.90 Å². The van der Waals surface area contributed by atoms with Crippen molar-refractivity contribution in [2.24, 2.45) is 0 Å². The van der Waals surface area contributed by atoms with Gasteiger partial charge >= 0.3 is 6.09 Å². The SMILES string of the molecule is CC1=CCCN(C(=O)OC(C)C)C1. The molecule has 0 aromatic carbocycles. The van der Waals surface area contributed by atoms with Crippen LogP contribution in [0.1, 0.15) is 27.2 Å². The first-order valence-electron chi connectivity index (χ1n) is 4.71. The van der Waals surface area contributed by atoms with Crippen molar-refractivity contribution in [3.05, 3.63) is 11.6 Å². The molecule has 1 heterocycles. The molecular formula is C10H17NO2. The summed E-state index contributed by atoms with van der Waals surface area (Å²) in [6, 6.07) is 0. The molecule has 13 heavy (non-hydrogen) atoms. The Balaban J connectivity index is 2.44. The summed E-state index contributed by atoms with van der Waals surface area (Å²) in [5.74, 6) is 0. The van der Waals surface area contributed by atoms with Gasteiger partial charge in [-0.3, -0.25) is 0 Å². The van der Waals surface area contributed by atoms with E-state index in [1.807, 2.05) is 20.8 Å². The molecule has 0 spiro atoms.